The fraction of sp³-hybridized carbons (Fsp3) is 0.138. The van der Waals surface area contributed by atoms with Crippen LogP contribution >= 0.6 is 23.2 Å². The van der Waals surface area contributed by atoms with E-state index < -0.39 is 5.82 Å². The van der Waals surface area contributed by atoms with Crippen LogP contribution in [-0.2, 0) is 0 Å². The van der Waals surface area contributed by atoms with Crippen LogP contribution in [0, 0.1) is 5.82 Å². The number of carbonyl (C=O) groups excluding carboxylic acids is 1. The SMILES string of the molecule is O=C(c1cc(-c2ccccc2F)nc2cc(-c3ccc(Cl)cc3)nn12)N1CCN(c2ccccc2Cl)CC1. The Morgan fingerprint density at radius 3 is 2.26 bits per heavy atom. The molecular weight excluding hydrogens is 524 g/mol. The van der Waals surface area contributed by atoms with Crippen LogP contribution in [0.2, 0.25) is 10.0 Å². The number of hydrogen-bond acceptors (Lipinski definition) is 4. The van der Waals surface area contributed by atoms with Crippen molar-refractivity contribution in [3.63, 3.8) is 0 Å². The van der Waals surface area contributed by atoms with Crippen molar-refractivity contribution in [2.24, 2.45) is 0 Å². The predicted molar refractivity (Wildman–Crippen MR) is 148 cm³/mol. The quantitative estimate of drug-likeness (QED) is 0.259. The molecule has 1 amide bonds. The van der Waals surface area contributed by atoms with Crippen LogP contribution < -0.4 is 4.90 Å². The first-order valence-corrected chi connectivity index (χ1v) is 12.9. The van der Waals surface area contributed by atoms with Gasteiger partial charge in [0.15, 0.2) is 5.65 Å². The molecule has 5 aromatic rings. The van der Waals surface area contributed by atoms with E-state index in [9.17, 15) is 9.18 Å². The molecule has 1 aliphatic heterocycles. The van der Waals surface area contributed by atoms with Gasteiger partial charge in [0.25, 0.3) is 5.91 Å². The fourth-order valence-corrected chi connectivity index (χ4v) is 5.10. The summed E-state index contributed by atoms with van der Waals surface area (Å²) in [6, 6.07) is 24.8. The summed E-state index contributed by atoms with van der Waals surface area (Å²) >= 11 is 12.4. The van der Waals surface area contributed by atoms with E-state index in [0.717, 1.165) is 11.3 Å². The van der Waals surface area contributed by atoms with Crippen LogP contribution in [0.4, 0.5) is 10.1 Å². The molecule has 0 aliphatic carbocycles. The third-order valence-electron chi connectivity index (χ3n) is 6.70. The number of fused-ring (bicyclic) bond motifs is 1. The molecule has 38 heavy (non-hydrogen) atoms. The summed E-state index contributed by atoms with van der Waals surface area (Å²) in [5, 5.41) is 6.00. The van der Waals surface area contributed by atoms with Gasteiger partial charge < -0.3 is 9.80 Å². The minimum atomic E-state index is -0.409. The Kier molecular flexibility index (Phi) is 6.47. The van der Waals surface area contributed by atoms with Gasteiger partial charge in [-0.05, 0) is 42.5 Å². The molecule has 0 N–H and O–H groups in total. The van der Waals surface area contributed by atoms with Gasteiger partial charge >= 0.3 is 0 Å². The number of halogens is 3. The van der Waals surface area contributed by atoms with Crippen molar-refractivity contribution in [2.45, 2.75) is 0 Å². The second-order valence-corrected chi connectivity index (χ2v) is 9.89. The fourth-order valence-electron chi connectivity index (χ4n) is 4.72. The molecular formula is C29H22Cl2FN5O. The van der Waals surface area contributed by atoms with Crippen molar-refractivity contribution in [3.05, 3.63) is 106 Å². The first-order chi connectivity index (χ1) is 18.5. The molecule has 1 aliphatic rings. The summed E-state index contributed by atoms with van der Waals surface area (Å²) in [5.41, 5.74) is 3.89. The van der Waals surface area contributed by atoms with E-state index in [1.54, 1.807) is 47.4 Å². The van der Waals surface area contributed by atoms with E-state index in [0.29, 0.717) is 64.5 Å². The zero-order valence-electron chi connectivity index (χ0n) is 20.2. The van der Waals surface area contributed by atoms with Gasteiger partial charge in [0.1, 0.15) is 11.5 Å². The van der Waals surface area contributed by atoms with Crippen LogP contribution in [0.15, 0.2) is 84.9 Å². The Balaban J connectivity index is 1.38. The van der Waals surface area contributed by atoms with Crippen molar-refractivity contribution >= 4 is 40.4 Å². The molecule has 0 radical (unpaired) electrons. The maximum absolute atomic E-state index is 14.7. The van der Waals surface area contributed by atoms with Crippen molar-refractivity contribution in [1.29, 1.82) is 0 Å². The van der Waals surface area contributed by atoms with Crippen molar-refractivity contribution in [2.75, 3.05) is 31.1 Å². The summed E-state index contributed by atoms with van der Waals surface area (Å²) in [4.78, 5) is 22.5. The van der Waals surface area contributed by atoms with E-state index in [2.05, 4.69) is 9.88 Å². The molecule has 0 atom stereocenters. The van der Waals surface area contributed by atoms with Crippen molar-refractivity contribution < 1.29 is 9.18 Å². The van der Waals surface area contributed by atoms with Gasteiger partial charge in [-0.3, -0.25) is 4.79 Å². The lowest BCUT2D eigenvalue weighted by Gasteiger charge is -2.36. The number of anilines is 1. The summed E-state index contributed by atoms with van der Waals surface area (Å²) < 4.78 is 16.3. The molecule has 1 fully saturated rings. The molecule has 3 heterocycles. The van der Waals surface area contributed by atoms with Crippen molar-refractivity contribution in [1.82, 2.24) is 19.5 Å². The van der Waals surface area contributed by atoms with E-state index >= 15 is 0 Å². The number of benzene rings is 3. The van der Waals surface area contributed by atoms with Crippen LogP contribution in [0.5, 0.6) is 0 Å². The van der Waals surface area contributed by atoms with Gasteiger partial charge in [-0.2, -0.15) is 5.10 Å². The molecule has 6 nitrogen and oxygen atoms in total. The zero-order chi connectivity index (χ0) is 26.2. The highest BCUT2D eigenvalue weighted by atomic mass is 35.5. The Morgan fingerprint density at radius 2 is 1.53 bits per heavy atom. The Morgan fingerprint density at radius 1 is 0.816 bits per heavy atom. The molecule has 190 valence electrons. The number of para-hydroxylation sites is 1. The highest BCUT2D eigenvalue weighted by Crippen LogP contribution is 2.29. The summed E-state index contributed by atoms with van der Waals surface area (Å²) in [6.45, 7) is 2.29. The molecule has 6 rings (SSSR count). The van der Waals surface area contributed by atoms with Crippen LogP contribution in [0.3, 0.4) is 0 Å². The van der Waals surface area contributed by atoms with E-state index in [1.807, 2.05) is 36.4 Å². The number of piperazine rings is 1. The maximum Gasteiger partial charge on any atom is 0.272 e. The average Bonchev–Trinajstić information content (AvgIpc) is 3.37. The van der Waals surface area contributed by atoms with E-state index in [4.69, 9.17) is 28.3 Å². The molecule has 0 spiro atoms. The normalized spacial score (nSPS) is 13.8. The number of rotatable bonds is 4. The van der Waals surface area contributed by atoms with Crippen molar-refractivity contribution in [3.8, 4) is 22.5 Å². The first kappa shape index (κ1) is 24.4. The summed E-state index contributed by atoms with van der Waals surface area (Å²) in [5.74, 6) is -0.604. The smallest absolute Gasteiger partial charge is 0.272 e. The molecule has 3 aromatic carbocycles. The Bertz CT molecular complexity index is 1650. The van der Waals surface area contributed by atoms with E-state index in [-0.39, 0.29) is 5.91 Å². The van der Waals surface area contributed by atoms with Gasteiger partial charge in [0.05, 0.1) is 22.1 Å². The first-order valence-electron chi connectivity index (χ1n) is 12.2. The lowest BCUT2D eigenvalue weighted by Crippen LogP contribution is -2.49. The van der Waals surface area contributed by atoms with E-state index in [1.165, 1.54) is 10.6 Å². The molecule has 0 unspecified atom stereocenters. The Hall–Kier alpha value is -3.94. The predicted octanol–water partition coefficient (Wildman–Crippen LogP) is 6.47. The van der Waals surface area contributed by atoms with Gasteiger partial charge in [0, 0.05) is 48.4 Å². The molecule has 0 saturated carbocycles. The average molecular weight is 546 g/mol. The minimum absolute atomic E-state index is 0.195. The maximum atomic E-state index is 14.7. The minimum Gasteiger partial charge on any atom is -0.367 e. The molecule has 0 bridgehead atoms. The lowest BCUT2D eigenvalue weighted by atomic mass is 10.1. The number of carbonyl (C=O) groups is 1. The molecule has 1 saturated heterocycles. The Labute approximate surface area is 228 Å². The number of hydrogen-bond donors (Lipinski definition) is 0. The standard InChI is InChI=1S/C29H22Cl2FN5O/c30-20-11-9-19(10-12-20)24-18-28-33-25(21-5-1-3-7-23(21)32)17-27(37(28)34-24)29(38)36-15-13-35(14-16-36)26-8-4-2-6-22(26)31/h1-12,17-18H,13-16H2. The highest BCUT2D eigenvalue weighted by Gasteiger charge is 2.26. The largest absolute Gasteiger partial charge is 0.367 e. The number of nitrogens with zero attached hydrogens (tertiary/aromatic N) is 5. The summed E-state index contributed by atoms with van der Waals surface area (Å²) in [6.07, 6.45) is 0. The third kappa shape index (κ3) is 4.59. The van der Waals surface area contributed by atoms with Crippen LogP contribution in [0.25, 0.3) is 28.2 Å². The van der Waals surface area contributed by atoms with Crippen LogP contribution in [0.1, 0.15) is 10.5 Å². The van der Waals surface area contributed by atoms with Crippen LogP contribution in [-0.4, -0.2) is 51.6 Å². The lowest BCUT2D eigenvalue weighted by molar-refractivity contribution is 0.0738. The topological polar surface area (TPSA) is 53.7 Å². The van der Waals surface area contributed by atoms with Gasteiger partial charge in [0.2, 0.25) is 0 Å². The number of amides is 1. The number of aromatic nitrogens is 3. The summed E-state index contributed by atoms with van der Waals surface area (Å²) in [7, 11) is 0. The second-order valence-electron chi connectivity index (χ2n) is 9.04. The third-order valence-corrected chi connectivity index (χ3v) is 7.27. The second kappa shape index (κ2) is 10.1. The molecule has 2 aromatic heterocycles. The molecule has 9 heteroatoms. The van der Waals surface area contributed by atoms with Gasteiger partial charge in [-0.25, -0.2) is 13.9 Å². The highest BCUT2D eigenvalue weighted by molar-refractivity contribution is 6.33. The van der Waals surface area contributed by atoms with Gasteiger partial charge in [-0.1, -0.05) is 59.6 Å². The van der Waals surface area contributed by atoms with Gasteiger partial charge in [-0.15, -0.1) is 0 Å². The zero-order valence-corrected chi connectivity index (χ0v) is 21.7. The monoisotopic (exact) mass is 545 g/mol.